The first kappa shape index (κ1) is 13.8. The van der Waals surface area contributed by atoms with Gasteiger partial charge in [-0.15, -0.1) is 0 Å². The number of nitrogens with zero attached hydrogens (tertiary/aromatic N) is 1. The van der Waals surface area contributed by atoms with Crippen LogP contribution in [0.3, 0.4) is 0 Å². The summed E-state index contributed by atoms with van der Waals surface area (Å²) in [7, 11) is -2.88. The zero-order chi connectivity index (χ0) is 14.0. The van der Waals surface area contributed by atoms with Gasteiger partial charge in [0, 0.05) is 23.9 Å². The summed E-state index contributed by atoms with van der Waals surface area (Å²) in [4.78, 5) is 10.4. The van der Waals surface area contributed by atoms with Gasteiger partial charge in [0.2, 0.25) is 0 Å². The van der Waals surface area contributed by atoms with Gasteiger partial charge in [-0.05, 0) is 25.3 Å². The Hall–Kier alpha value is -1.63. The SMILES string of the molecule is Cc1c(NCC2CCS(=O)(=O)C2)cccc1[N+](=O)[O-]. The van der Waals surface area contributed by atoms with Gasteiger partial charge in [0.15, 0.2) is 9.84 Å². The fourth-order valence-corrected chi connectivity index (χ4v) is 4.16. The zero-order valence-electron chi connectivity index (χ0n) is 10.6. The van der Waals surface area contributed by atoms with Crippen molar-refractivity contribution < 1.29 is 13.3 Å². The summed E-state index contributed by atoms with van der Waals surface area (Å²) in [5.74, 6) is 0.532. The molecule has 2 rings (SSSR count). The van der Waals surface area contributed by atoms with E-state index in [0.29, 0.717) is 24.2 Å². The van der Waals surface area contributed by atoms with Gasteiger partial charge in [-0.3, -0.25) is 10.1 Å². The van der Waals surface area contributed by atoms with E-state index in [2.05, 4.69) is 5.32 Å². The number of nitrogens with one attached hydrogen (secondary N) is 1. The molecule has 19 heavy (non-hydrogen) atoms. The lowest BCUT2D eigenvalue weighted by Crippen LogP contribution is -2.16. The first-order valence-electron chi connectivity index (χ1n) is 6.07. The van der Waals surface area contributed by atoms with Crippen LogP contribution < -0.4 is 5.32 Å². The molecular formula is C12H16N2O4S. The van der Waals surface area contributed by atoms with Crippen LogP contribution in [0.4, 0.5) is 11.4 Å². The summed E-state index contributed by atoms with van der Waals surface area (Å²) in [6.45, 7) is 2.22. The van der Waals surface area contributed by atoms with E-state index in [4.69, 9.17) is 0 Å². The van der Waals surface area contributed by atoms with Crippen LogP contribution in [0.25, 0.3) is 0 Å². The van der Waals surface area contributed by atoms with Crippen molar-refractivity contribution in [2.75, 3.05) is 23.4 Å². The van der Waals surface area contributed by atoms with Crippen LogP contribution in [0.1, 0.15) is 12.0 Å². The third-order valence-corrected chi connectivity index (χ3v) is 5.25. The van der Waals surface area contributed by atoms with E-state index in [1.165, 1.54) is 6.07 Å². The van der Waals surface area contributed by atoms with E-state index < -0.39 is 14.8 Å². The predicted molar refractivity (Wildman–Crippen MR) is 73.1 cm³/mol. The lowest BCUT2D eigenvalue weighted by molar-refractivity contribution is -0.385. The van der Waals surface area contributed by atoms with Crippen molar-refractivity contribution in [3.63, 3.8) is 0 Å². The Morgan fingerprint density at radius 3 is 2.79 bits per heavy atom. The summed E-state index contributed by atoms with van der Waals surface area (Å²) in [6, 6.07) is 4.85. The monoisotopic (exact) mass is 284 g/mol. The van der Waals surface area contributed by atoms with Gasteiger partial charge in [0.1, 0.15) is 0 Å². The summed E-state index contributed by atoms with van der Waals surface area (Å²) >= 11 is 0. The second kappa shape index (κ2) is 5.16. The third kappa shape index (κ3) is 3.23. The van der Waals surface area contributed by atoms with Gasteiger partial charge < -0.3 is 5.32 Å². The second-order valence-electron chi connectivity index (χ2n) is 4.86. The summed E-state index contributed by atoms with van der Waals surface area (Å²) in [6.07, 6.45) is 0.656. The Bertz CT molecular complexity index is 598. The quantitative estimate of drug-likeness (QED) is 0.672. The molecule has 1 fully saturated rings. The molecule has 0 aromatic heterocycles. The molecule has 1 N–H and O–H groups in total. The molecule has 1 aliphatic rings. The van der Waals surface area contributed by atoms with Crippen LogP contribution in [-0.4, -0.2) is 31.4 Å². The zero-order valence-corrected chi connectivity index (χ0v) is 11.4. The number of rotatable bonds is 4. The number of hydrogen-bond donors (Lipinski definition) is 1. The third-order valence-electron chi connectivity index (χ3n) is 3.41. The van der Waals surface area contributed by atoms with Gasteiger partial charge in [0.25, 0.3) is 5.69 Å². The van der Waals surface area contributed by atoms with Crippen molar-refractivity contribution in [2.45, 2.75) is 13.3 Å². The number of nitro benzene ring substituents is 1. The highest BCUT2D eigenvalue weighted by molar-refractivity contribution is 7.91. The van der Waals surface area contributed by atoms with Crippen LogP contribution >= 0.6 is 0 Å². The normalized spacial score (nSPS) is 21.2. The molecule has 0 amide bonds. The van der Waals surface area contributed by atoms with Crippen molar-refractivity contribution >= 4 is 21.2 Å². The standard InChI is InChI=1S/C12H16N2O4S/c1-9-11(3-2-4-12(9)14(15)16)13-7-10-5-6-19(17,18)8-10/h2-4,10,13H,5-8H2,1H3. The maximum atomic E-state index is 11.3. The van der Waals surface area contributed by atoms with Crippen LogP contribution in [0.5, 0.6) is 0 Å². The van der Waals surface area contributed by atoms with Crippen LogP contribution in [0.15, 0.2) is 18.2 Å². The molecule has 1 atom stereocenters. The molecule has 0 radical (unpaired) electrons. The average molecular weight is 284 g/mol. The van der Waals surface area contributed by atoms with E-state index >= 15 is 0 Å². The van der Waals surface area contributed by atoms with E-state index in [1.54, 1.807) is 19.1 Å². The maximum Gasteiger partial charge on any atom is 0.274 e. The number of benzene rings is 1. The number of sulfone groups is 1. The molecule has 0 spiro atoms. The van der Waals surface area contributed by atoms with E-state index in [1.807, 2.05) is 0 Å². The van der Waals surface area contributed by atoms with Crippen molar-refractivity contribution in [3.05, 3.63) is 33.9 Å². The Morgan fingerprint density at radius 2 is 2.21 bits per heavy atom. The first-order chi connectivity index (χ1) is 8.89. The summed E-state index contributed by atoms with van der Waals surface area (Å²) in [5, 5.41) is 13.9. The topological polar surface area (TPSA) is 89.3 Å². The molecule has 1 aromatic rings. The molecule has 104 valence electrons. The molecule has 0 aliphatic carbocycles. The van der Waals surface area contributed by atoms with Gasteiger partial charge in [-0.25, -0.2) is 8.42 Å². The molecule has 1 heterocycles. The first-order valence-corrected chi connectivity index (χ1v) is 7.89. The highest BCUT2D eigenvalue weighted by atomic mass is 32.2. The van der Waals surface area contributed by atoms with Gasteiger partial charge in [-0.1, -0.05) is 6.07 Å². The van der Waals surface area contributed by atoms with Crippen molar-refractivity contribution in [2.24, 2.45) is 5.92 Å². The van der Waals surface area contributed by atoms with Crippen molar-refractivity contribution in [1.82, 2.24) is 0 Å². The molecule has 0 bridgehead atoms. The lowest BCUT2D eigenvalue weighted by atomic mass is 10.1. The molecule has 1 saturated heterocycles. The minimum Gasteiger partial charge on any atom is -0.384 e. The molecular weight excluding hydrogens is 268 g/mol. The van der Waals surface area contributed by atoms with Gasteiger partial charge in [-0.2, -0.15) is 0 Å². The fraction of sp³-hybridized carbons (Fsp3) is 0.500. The second-order valence-corrected chi connectivity index (χ2v) is 7.09. The van der Waals surface area contributed by atoms with Gasteiger partial charge in [0.05, 0.1) is 16.4 Å². The number of nitro groups is 1. The van der Waals surface area contributed by atoms with E-state index in [-0.39, 0.29) is 23.1 Å². The Morgan fingerprint density at radius 1 is 1.47 bits per heavy atom. The number of hydrogen-bond acceptors (Lipinski definition) is 5. The van der Waals surface area contributed by atoms with Crippen molar-refractivity contribution in [3.8, 4) is 0 Å². The predicted octanol–water partition coefficient (Wildman–Crippen LogP) is 1.75. The molecule has 6 nitrogen and oxygen atoms in total. The maximum absolute atomic E-state index is 11.3. The molecule has 1 unspecified atom stereocenters. The van der Waals surface area contributed by atoms with Gasteiger partial charge >= 0.3 is 0 Å². The Labute approximate surface area is 111 Å². The highest BCUT2D eigenvalue weighted by Gasteiger charge is 2.27. The minimum atomic E-state index is -2.88. The van der Waals surface area contributed by atoms with E-state index in [9.17, 15) is 18.5 Å². The smallest absolute Gasteiger partial charge is 0.274 e. The largest absolute Gasteiger partial charge is 0.384 e. The highest BCUT2D eigenvalue weighted by Crippen LogP contribution is 2.26. The van der Waals surface area contributed by atoms with Crippen LogP contribution in [-0.2, 0) is 9.84 Å². The Balaban J connectivity index is 2.05. The van der Waals surface area contributed by atoms with E-state index in [0.717, 1.165) is 0 Å². The summed E-state index contributed by atoms with van der Waals surface area (Å²) < 4.78 is 22.7. The van der Waals surface area contributed by atoms with Crippen LogP contribution in [0.2, 0.25) is 0 Å². The molecule has 7 heteroatoms. The van der Waals surface area contributed by atoms with Crippen LogP contribution in [0, 0.1) is 23.0 Å². The molecule has 0 saturated carbocycles. The average Bonchev–Trinajstić information content (AvgIpc) is 2.67. The van der Waals surface area contributed by atoms with Crippen molar-refractivity contribution in [1.29, 1.82) is 0 Å². The minimum absolute atomic E-state index is 0.0732. The summed E-state index contributed by atoms with van der Waals surface area (Å²) in [5.41, 5.74) is 1.34. The molecule has 1 aromatic carbocycles. The number of anilines is 1. The molecule has 1 aliphatic heterocycles. The fourth-order valence-electron chi connectivity index (χ4n) is 2.30. The Kier molecular flexibility index (Phi) is 3.75. The lowest BCUT2D eigenvalue weighted by Gasteiger charge is -2.12.